The smallest absolute Gasteiger partial charge is 0.243 e. The van der Waals surface area contributed by atoms with Crippen LogP contribution in [-0.2, 0) is 32.6 Å². The fourth-order valence-corrected chi connectivity index (χ4v) is 5.56. The number of nitrogens with one attached hydrogen (secondary N) is 1. The van der Waals surface area contributed by atoms with Crippen LogP contribution in [0, 0.1) is 11.6 Å². The topological polar surface area (TPSA) is 96.0 Å². The van der Waals surface area contributed by atoms with E-state index in [9.17, 15) is 26.8 Å². The van der Waals surface area contributed by atoms with Crippen LogP contribution in [0.5, 0.6) is 5.75 Å². The van der Waals surface area contributed by atoms with Gasteiger partial charge < -0.3 is 15.0 Å². The molecule has 0 radical (unpaired) electrons. The molecule has 0 saturated heterocycles. The highest BCUT2D eigenvalue weighted by Gasteiger charge is 2.31. The van der Waals surface area contributed by atoms with Crippen LogP contribution in [0.25, 0.3) is 0 Å². The molecule has 0 aromatic heterocycles. The number of halogens is 2. The molecule has 0 bridgehead atoms. The highest BCUT2D eigenvalue weighted by Crippen LogP contribution is 2.23. The van der Waals surface area contributed by atoms with Crippen molar-refractivity contribution in [3.05, 3.63) is 95.6 Å². The Morgan fingerprint density at radius 2 is 1.65 bits per heavy atom. The van der Waals surface area contributed by atoms with Crippen LogP contribution < -0.4 is 14.4 Å². The Hall–Kier alpha value is -3.99. The molecule has 0 spiro atoms. The Morgan fingerprint density at radius 1 is 0.953 bits per heavy atom. The lowest BCUT2D eigenvalue weighted by atomic mass is 10.0. The van der Waals surface area contributed by atoms with Crippen molar-refractivity contribution in [3.8, 4) is 5.75 Å². The first-order valence-corrected chi connectivity index (χ1v) is 16.0. The molecular weight excluding hydrogens is 576 g/mol. The first-order chi connectivity index (χ1) is 20.4. The first-order valence-electron chi connectivity index (χ1n) is 14.1. The zero-order valence-electron chi connectivity index (χ0n) is 24.9. The lowest BCUT2D eigenvalue weighted by Crippen LogP contribution is -2.52. The fourth-order valence-electron chi connectivity index (χ4n) is 4.61. The number of carbonyl (C=O) groups excluding carboxylic acids is 2. The maximum atomic E-state index is 13.9. The van der Waals surface area contributed by atoms with Crippen LogP contribution in [0.3, 0.4) is 0 Å². The number of hydrogen-bond acceptors (Lipinski definition) is 5. The van der Waals surface area contributed by atoms with Crippen LogP contribution in [0.2, 0.25) is 0 Å². The predicted octanol–water partition coefficient (Wildman–Crippen LogP) is 5.07. The summed E-state index contributed by atoms with van der Waals surface area (Å²) in [4.78, 5) is 29.1. The van der Waals surface area contributed by atoms with E-state index in [0.29, 0.717) is 12.2 Å². The summed E-state index contributed by atoms with van der Waals surface area (Å²) in [5.74, 6) is -2.33. The highest BCUT2D eigenvalue weighted by atomic mass is 32.2. The highest BCUT2D eigenvalue weighted by molar-refractivity contribution is 7.92. The molecule has 0 aliphatic heterocycles. The van der Waals surface area contributed by atoms with Crippen molar-refractivity contribution in [3.63, 3.8) is 0 Å². The zero-order chi connectivity index (χ0) is 31.6. The number of ether oxygens (including phenoxy) is 1. The molecular formula is C32H39F2N3O5S. The molecule has 0 unspecified atom stereocenters. The van der Waals surface area contributed by atoms with Crippen molar-refractivity contribution in [1.29, 1.82) is 0 Å². The van der Waals surface area contributed by atoms with Crippen LogP contribution in [-0.4, -0.2) is 57.1 Å². The zero-order valence-corrected chi connectivity index (χ0v) is 25.7. The fraction of sp³-hybridized carbons (Fsp3) is 0.375. The number of rotatable bonds is 15. The van der Waals surface area contributed by atoms with E-state index < -0.39 is 27.7 Å². The van der Waals surface area contributed by atoms with E-state index in [0.717, 1.165) is 33.8 Å². The predicted molar refractivity (Wildman–Crippen MR) is 163 cm³/mol. The number of methoxy groups -OCH3 is 1. The first kappa shape index (κ1) is 33.5. The molecule has 2 atom stereocenters. The summed E-state index contributed by atoms with van der Waals surface area (Å²) in [7, 11) is -2.33. The molecule has 11 heteroatoms. The Morgan fingerprint density at radius 3 is 2.28 bits per heavy atom. The van der Waals surface area contributed by atoms with Gasteiger partial charge in [-0.15, -0.1) is 0 Å². The molecule has 43 heavy (non-hydrogen) atoms. The van der Waals surface area contributed by atoms with Crippen molar-refractivity contribution >= 4 is 27.5 Å². The largest absolute Gasteiger partial charge is 0.497 e. The van der Waals surface area contributed by atoms with Crippen LogP contribution in [0.15, 0.2) is 72.8 Å². The van der Waals surface area contributed by atoms with Crippen molar-refractivity contribution < 1.29 is 31.5 Å². The normalized spacial score (nSPS) is 12.7. The molecule has 0 fully saturated rings. The number of nitrogens with zero attached hydrogens (tertiary/aromatic N) is 2. The van der Waals surface area contributed by atoms with Crippen molar-refractivity contribution in [2.24, 2.45) is 0 Å². The molecule has 0 heterocycles. The number of benzene rings is 3. The third-order valence-corrected chi connectivity index (χ3v) is 8.30. The molecule has 0 saturated carbocycles. The minimum Gasteiger partial charge on any atom is -0.497 e. The third kappa shape index (κ3) is 9.77. The van der Waals surface area contributed by atoms with Gasteiger partial charge >= 0.3 is 0 Å². The number of carbonyl (C=O) groups is 2. The second-order valence-electron chi connectivity index (χ2n) is 10.4. The average Bonchev–Trinajstić information content (AvgIpc) is 2.98. The maximum Gasteiger partial charge on any atom is 0.243 e. The number of sulfonamides is 1. The summed E-state index contributed by atoms with van der Waals surface area (Å²) in [5, 5.41) is 3.01. The molecule has 0 aliphatic carbocycles. The van der Waals surface area contributed by atoms with E-state index in [1.165, 1.54) is 11.0 Å². The Balaban J connectivity index is 1.91. The molecule has 0 aliphatic rings. The van der Waals surface area contributed by atoms with Gasteiger partial charge in [-0.05, 0) is 55.2 Å². The summed E-state index contributed by atoms with van der Waals surface area (Å²) in [6.07, 6.45) is 1.91. The van der Waals surface area contributed by atoms with Gasteiger partial charge in [-0.2, -0.15) is 0 Å². The van der Waals surface area contributed by atoms with Gasteiger partial charge in [0.15, 0.2) is 11.6 Å². The lowest BCUT2D eigenvalue weighted by molar-refractivity contribution is -0.141. The maximum absolute atomic E-state index is 13.9. The monoisotopic (exact) mass is 615 g/mol. The quantitative estimate of drug-likeness (QED) is 0.258. The summed E-state index contributed by atoms with van der Waals surface area (Å²) in [5.41, 5.74) is 1.58. The van der Waals surface area contributed by atoms with Gasteiger partial charge in [-0.1, -0.05) is 49.4 Å². The van der Waals surface area contributed by atoms with E-state index in [2.05, 4.69) is 5.32 Å². The summed E-state index contributed by atoms with van der Waals surface area (Å²) in [6, 6.07) is 18.5. The lowest BCUT2D eigenvalue weighted by Gasteiger charge is -2.33. The minimum atomic E-state index is -3.87. The molecule has 2 amide bonds. The molecule has 3 rings (SSSR count). The number of anilines is 1. The average molecular weight is 616 g/mol. The van der Waals surface area contributed by atoms with Gasteiger partial charge in [0.2, 0.25) is 21.8 Å². The molecule has 3 aromatic carbocycles. The van der Waals surface area contributed by atoms with E-state index in [1.807, 2.05) is 50.2 Å². The second-order valence-corrected chi connectivity index (χ2v) is 12.3. The van der Waals surface area contributed by atoms with E-state index in [-0.39, 0.29) is 55.9 Å². The van der Waals surface area contributed by atoms with Gasteiger partial charge in [-0.3, -0.25) is 13.9 Å². The van der Waals surface area contributed by atoms with Gasteiger partial charge in [0.05, 0.1) is 19.1 Å². The summed E-state index contributed by atoms with van der Waals surface area (Å²) in [6.45, 7) is 3.81. The summed E-state index contributed by atoms with van der Waals surface area (Å²) >= 11 is 0. The van der Waals surface area contributed by atoms with Crippen LogP contribution in [0.1, 0.15) is 44.2 Å². The molecule has 3 aromatic rings. The number of amides is 2. The van der Waals surface area contributed by atoms with E-state index in [1.54, 1.807) is 25.3 Å². The Kier molecular flexibility index (Phi) is 12.1. The van der Waals surface area contributed by atoms with Gasteiger partial charge in [0.25, 0.3) is 0 Å². The van der Waals surface area contributed by atoms with Gasteiger partial charge in [-0.25, -0.2) is 17.2 Å². The van der Waals surface area contributed by atoms with E-state index >= 15 is 0 Å². The van der Waals surface area contributed by atoms with Crippen molar-refractivity contribution in [2.45, 2.75) is 58.2 Å². The molecule has 8 nitrogen and oxygen atoms in total. The third-order valence-electron chi connectivity index (χ3n) is 7.10. The Bertz CT molecular complexity index is 1490. The van der Waals surface area contributed by atoms with Crippen molar-refractivity contribution in [1.82, 2.24) is 10.2 Å². The summed E-state index contributed by atoms with van der Waals surface area (Å²) < 4.78 is 58.7. The van der Waals surface area contributed by atoms with Crippen molar-refractivity contribution in [2.75, 3.05) is 24.2 Å². The SMILES string of the molecule is CC[C@H](C)NC(=O)[C@H](Cc1ccccc1)N(Cc1cccc(OC)c1)C(=O)CCCN(c1ccc(F)c(F)c1)S(C)(=O)=O. The van der Waals surface area contributed by atoms with Crippen LogP contribution in [0.4, 0.5) is 14.5 Å². The minimum absolute atomic E-state index is 0.0445. The van der Waals surface area contributed by atoms with Gasteiger partial charge in [0, 0.05) is 38.0 Å². The van der Waals surface area contributed by atoms with Crippen LogP contribution >= 0.6 is 0 Å². The number of hydrogen-bond donors (Lipinski definition) is 1. The van der Waals surface area contributed by atoms with E-state index in [4.69, 9.17) is 4.74 Å². The molecule has 1 N–H and O–H groups in total. The molecule has 232 valence electrons. The van der Waals surface area contributed by atoms with Gasteiger partial charge in [0.1, 0.15) is 11.8 Å². The standard InChI is InChI=1S/C32H39F2N3O5S/c1-5-23(2)35-32(39)30(20-24-11-7-6-8-12-24)36(22-25-13-9-14-27(19-25)42-3)31(38)15-10-18-37(43(4,40)41)26-16-17-28(33)29(34)21-26/h6-9,11-14,16-17,19,21,23,30H,5,10,15,18,20,22H2,1-4H3,(H,35,39)/t23-,30-/m0/s1. The Labute approximate surface area is 252 Å². The second kappa shape index (κ2) is 15.5.